The third-order valence-electron chi connectivity index (χ3n) is 4.45. The molecule has 0 spiro atoms. The third-order valence-corrected chi connectivity index (χ3v) is 6.41. The number of ether oxygens (including phenoxy) is 2. The van der Waals surface area contributed by atoms with E-state index in [1.807, 2.05) is 6.07 Å². The molecule has 132 valence electrons. The van der Waals surface area contributed by atoms with Crippen molar-refractivity contribution in [2.45, 2.75) is 12.5 Å². The van der Waals surface area contributed by atoms with Gasteiger partial charge in [0.05, 0.1) is 31.6 Å². The van der Waals surface area contributed by atoms with Gasteiger partial charge in [0.25, 0.3) is 5.91 Å². The molecule has 8 heteroatoms. The van der Waals surface area contributed by atoms with Gasteiger partial charge in [0, 0.05) is 32.0 Å². The van der Waals surface area contributed by atoms with Gasteiger partial charge in [0.2, 0.25) is 10.0 Å². The first-order valence-corrected chi connectivity index (χ1v) is 9.52. The number of amides is 1. The summed E-state index contributed by atoms with van der Waals surface area (Å²) < 4.78 is 36.1. The lowest BCUT2D eigenvalue weighted by atomic mass is 10.0. The highest BCUT2D eigenvalue weighted by atomic mass is 32.2. The van der Waals surface area contributed by atoms with E-state index in [0.717, 1.165) is 17.7 Å². The van der Waals surface area contributed by atoms with Crippen LogP contribution in [0.1, 0.15) is 15.9 Å². The quantitative estimate of drug-likeness (QED) is 0.820. The summed E-state index contributed by atoms with van der Waals surface area (Å²) in [5, 5.41) is 2.91. The number of nitrogens with zero attached hydrogens (tertiary/aromatic N) is 1. The van der Waals surface area contributed by atoms with Crippen molar-refractivity contribution < 1.29 is 22.7 Å². The zero-order chi connectivity index (χ0) is 17.3. The highest BCUT2D eigenvalue weighted by molar-refractivity contribution is 7.89. The third kappa shape index (κ3) is 3.55. The second kappa shape index (κ2) is 6.70. The lowest BCUT2D eigenvalue weighted by Crippen LogP contribution is -2.43. The van der Waals surface area contributed by atoms with E-state index in [1.54, 1.807) is 12.1 Å². The topological polar surface area (TPSA) is 84.9 Å². The molecule has 0 unspecified atom stereocenters. The molecular formula is C16H22N2O5S. The fraction of sp³-hybridized carbons (Fsp3) is 0.562. The summed E-state index contributed by atoms with van der Waals surface area (Å²) in [5.74, 6) is 0.320. The minimum Gasteiger partial charge on any atom is -0.493 e. The predicted octanol–water partition coefficient (Wildman–Crippen LogP) is 0.258. The van der Waals surface area contributed by atoms with E-state index in [2.05, 4.69) is 5.32 Å². The van der Waals surface area contributed by atoms with Crippen LogP contribution < -0.4 is 10.1 Å². The number of hydrogen-bond donors (Lipinski definition) is 1. The second-order valence-electron chi connectivity index (χ2n) is 6.36. The van der Waals surface area contributed by atoms with Crippen LogP contribution in [-0.2, 0) is 21.2 Å². The van der Waals surface area contributed by atoms with Gasteiger partial charge in [0.1, 0.15) is 5.75 Å². The number of carbonyl (C=O) groups is 1. The minimum absolute atomic E-state index is 0.0387. The van der Waals surface area contributed by atoms with E-state index in [4.69, 9.17) is 9.47 Å². The van der Waals surface area contributed by atoms with Gasteiger partial charge in [-0.25, -0.2) is 12.7 Å². The Morgan fingerprint density at radius 1 is 1.33 bits per heavy atom. The van der Waals surface area contributed by atoms with Crippen molar-refractivity contribution >= 4 is 15.9 Å². The molecule has 3 rings (SSSR count). The Morgan fingerprint density at radius 3 is 2.88 bits per heavy atom. The number of fused-ring (bicyclic) bond motifs is 1. The number of benzene rings is 1. The molecule has 1 amide bonds. The monoisotopic (exact) mass is 354 g/mol. The van der Waals surface area contributed by atoms with Crippen LogP contribution in [0.3, 0.4) is 0 Å². The normalized spacial score (nSPS) is 23.1. The number of rotatable bonds is 5. The molecule has 2 aliphatic rings. The van der Waals surface area contributed by atoms with Crippen LogP contribution in [0.25, 0.3) is 0 Å². The van der Waals surface area contributed by atoms with Crippen molar-refractivity contribution in [3.05, 3.63) is 29.3 Å². The molecule has 1 N–H and O–H groups in total. The van der Waals surface area contributed by atoms with Crippen LogP contribution >= 0.6 is 0 Å². The molecule has 0 aromatic heterocycles. The highest BCUT2D eigenvalue weighted by Gasteiger charge is 2.34. The Bertz CT molecular complexity index is 732. The Balaban J connectivity index is 1.67. The molecule has 1 fully saturated rings. The standard InChI is InChI=1S/C16H22N2O5S/c1-18(2)24(20,21)10-13-8-22-9-14(13)17-16(19)12-3-4-15-11(7-12)5-6-23-15/h3-4,7,13-14H,5-6,8-10H2,1-2H3,(H,17,19)/t13-,14-/m0/s1. The zero-order valence-electron chi connectivity index (χ0n) is 13.8. The number of nitrogens with one attached hydrogen (secondary N) is 1. The molecule has 2 aliphatic heterocycles. The van der Waals surface area contributed by atoms with Crippen LogP contribution in [0.2, 0.25) is 0 Å². The fourth-order valence-electron chi connectivity index (χ4n) is 2.92. The maximum Gasteiger partial charge on any atom is 0.251 e. The van der Waals surface area contributed by atoms with Gasteiger partial charge in [-0.3, -0.25) is 4.79 Å². The average molecular weight is 354 g/mol. The smallest absolute Gasteiger partial charge is 0.251 e. The van der Waals surface area contributed by atoms with Crippen LogP contribution in [0.4, 0.5) is 0 Å². The van der Waals surface area contributed by atoms with Crippen molar-refractivity contribution in [2.75, 3.05) is 39.7 Å². The Kier molecular flexibility index (Phi) is 4.80. The van der Waals surface area contributed by atoms with E-state index in [-0.39, 0.29) is 23.6 Å². The Hall–Kier alpha value is -1.64. The Morgan fingerprint density at radius 2 is 2.12 bits per heavy atom. The van der Waals surface area contributed by atoms with Crippen LogP contribution in [0.5, 0.6) is 5.75 Å². The molecule has 0 bridgehead atoms. The van der Waals surface area contributed by atoms with Gasteiger partial charge >= 0.3 is 0 Å². The van der Waals surface area contributed by atoms with Crippen molar-refractivity contribution in [3.8, 4) is 5.75 Å². The first-order valence-electron chi connectivity index (χ1n) is 7.91. The van der Waals surface area contributed by atoms with Gasteiger partial charge in [-0.15, -0.1) is 0 Å². The van der Waals surface area contributed by atoms with Crippen molar-refractivity contribution in [1.82, 2.24) is 9.62 Å². The van der Waals surface area contributed by atoms with E-state index >= 15 is 0 Å². The van der Waals surface area contributed by atoms with Crippen LogP contribution in [0, 0.1) is 5.92 Å². The molecule has 24 heavy (non-hydrogen) atoms. The molecule has 0 saturated carbocycles. The minimum atomic E-state index is -3.34. The summed E-state index contributed by atoms with van der Waals surface area (Å²) in [6.07, 6.45) is 0.798. The molecule has 2 heterocycles. The lowest BCUT2D eigenvalue weighted by Gasteiger charge is -2.21. The van der Waals surface area contributed by atoms with E-state index in [1.165, 1.54) is 18.4 Å². The maximum absolute atomic E-state index is 12.5. The van der Waals surface area contributed by atoms with Crippen molar-refractivity contribution in [1.29, 1.82) is 0 Å². The molecule has 1 aromatic rings. The van der Waals surface area contributed by atoms with Crippen molar-refractivity contribution in [2.24, 2.45) is 5.92 Å². The predicted molar refractivity (Wildman–Crippen MR) is 88.7 cm³/mol. The molecule has 0 radical (unpaired) electrons. The molecule has 0 aliphatic carbocycles. The largest absolute Gasteiger partial charge is 0.493 e. The number of hydrogen-bond acceptors (Lipinski definition) is 5. The zero-order valence-corrected chi connectivity index (χ0v) is 14.6. The van der Waals surface area contributed by atoms with E-state index in [0.29, 0.717) is 25.4 Å². The summed E-state index contributed by atoms with van der Waals surface area (Å²) in [5.41, 5.74) is 1.58. The summed E-state index contributed by atoms with van der Waals surface area (Å²) in [7, 11) is -0.327. The molecule has 7 nitrogen and oxygen atoms in total. The van der Waals surface area contributed by atoms with Crippen molar-refractivity contribution in [3.63, 3.8) is 0 Å². The van der Waals surface area contributed by atoms with E-state index < -0.39 is 10.0 Å². The summed E-state index contributed by atoms with van der Waals surface area (Å²) in [6.45, 7) is 1.30. The average Bonchev–Trinajstić information content (AvgIpc) is 3.15. The number of sulfonamides is 1. The molecule has 1 aromatic carbocycles. The maximum atomic E-state index is 12.5. The van der Waals surface area contributed by atoms with Gasteiger partial charge in [-0.2, -0.15) is 0 Å². The SMILES string of the molecule is CN(C)S(=O)(=O)C[C@@H]1COC[C@@H]1NC(=O)c1ccc2c(c1)CCO2. The first-order chi connectivity index (χ1) is 11.4. The summed E-state index contributed by atoms with van der Waals surface area (Å²) in [6, 6.07) is 5.05. The van der Waals surface area contributed by atoms with Crippen LogP contribution in [-0.4, -0.2) is 64.3 Å². The summed E-state index contributed by atoms with van der Waals surface area (Å²) >= 11 is 0. The van der Waals surface area contributed by atoms with Crippen LogP contribution in [0.15, 0.2) is 18.2 Å². The highest BCUT2D eigenvalue weighted by Crippen LogP contribution is 2.26. The van der Waals surface area contributed by atoms with Gasteiger partial charge in [0.15, 0.2) is 0 Å². The van der Waals surface area contributed by atoms with E-state index in [9.17, 15) is 13.2 Å². The fourth-order valence-corrected chi connectivity index (χ4v) is 4.09. The number of carbonyl (C=O) groups excluding carboxylic acids is 1. The summed E-state index contributed by atoms with van der Waals surface area (Å²) in [4.78, 5) is 12.5. The van der Waals surface area contributed by atoms with Gasteiger partial charge in [-0.1, -0.05) is 0 Å². The van der Waals surface area contributed by atoms with Gasteiger partial charge < -0.3 is 14.8 Å². The first kappa shape index (κ1) is 17.2. The lowest BCUT2D eigenvalue weighted by molar-refractivity contribution is 0.0926. The molecule has 1 saturated heterocycles. The molecular weight excluding hydrogens is 332 g/mol. The second-order valence-corrected chi connectivity index (χ2v) is 8.59. The van der Waals surface area contributed by atoms with Gasteiger partial charge in [-0.05, 0) is 23.8 Å². The Labute approximate surface area is 142 Å². The molecule has 2 atom stereocenters.